The highest BCUT2D eigenvalue weighted by Gasteiger charge is 2.22. The number of likely N-dealkylation sites (tertiary alicyclic amines) is 1. The van der Waals surface area contributed by atoms with E-state index in [0.29, 0.717) is 88.8 Å². The van der Waals surface area contributed by atoms with Gasteiger partial charge in [-0.3, -0.25) is 9.78 Å². The third-order valence-electron chi connectivity index (χ3n) is 8.12. The molecule has 1 saturated heterocycles. The quantitative estimate of drug-likeness (QED) is 0.126. The maximum Gasteiger partial charge on any atom is 0.219 e. The smallest absolute Gasteiger partial charge is 0.219 e. The number of nitrogens with one attached hydrogen (secondary N) is 3. The highest BCUT2D eigenvalue weighted by atomic mass is 35.5. The molecule has 1 fully saturated rings. The van der Waals surface area contributed by atoms with E-state index in [0.717, 1.165) is 18.4 Å². The van der Waals surface area contributed by atoms with Crippen LogP contribution in [0.4, 0.5) is 15.9 Å². The summed E-state index contributed by atoms with van der Waals surface area (Å²) in [5, 5.41) is 19.4. The highest BCUT2D eigenvalue weighted by molar-refractivity contribution is 6.39. The van der Waals surface area contributed by atoms with Crippen molar-refractivity contribution in [1.82, 2.24) is 30.5 Å². The van der Waals surface area contributed by atoms with Crippen molar-refractivity contribution in [3.05, 3.63) is 81.8 Å². The van der Waals surface area contributed by atoms with Crippen molar-refractivity contribution in [2.75, 3.05) is 38.7 Å². The SMILES string of the molecule is COc1nc(-c2ccnc(-c3cccc(Nc4nccc(CNC5CCN(C(C)=O)CC5)c4F)c3Cl)c2Cl)ccc1CNCCCO. The number of hydrogen-bond donors (Lipinski definition) is 4. The second-order valence-corrected chi connectivity index (χ2v) is 12.0. The lowest BCUT2D eigenvalue weighted by Gasteiger charge is -2.31. The van der Waals surface area contributed by atoms with E-state index in [1.165, 1.54) is 0 Å². The summed E-state index contributed by atoms with van der Waals surface area (Å²) < 4.78 is 21.2. The van der Waals surface area contributed by atoms with Crippen LogP contribution >= 0.6 is 23.2 Å². The fourth-order valence-electron chi connectivity index (χ4n) is 5.49. The molecule has 10 nitrogen and oxygen atoms in total. The van der Waals surface area contributed by atoms with Crippen molar-refractivity contribution >= 4 is 40.6 Å². The molecule has 0 saturated carbocycles. The first-order valence-electron chi connectivity index (χ1n) is 15.5. The van der Waals surface area contributed by atoms with Crippen molar-refractivity contribution in [2.24, 2.45) is 0 Å². The van der Waals surface area contributed by atoms with E-state index in [2.05, 4.69) is 30.9 Å². The number of aliphatic hydroxyl groups excluding tert-OH is 1. The lowest BCUT2D eigenvalue weighted by molar-refractivity contribution is -0.129. The molecule has 4 N–H and O–H groups in total. The summed E-state index contributed by atoms with van der Waals surface area (Å²) in [6.45, 7) is 4.62. The van der Waals surface area contributed by atoms with Crippen LogP contribution in [-0.4, -0.2) is 70.3 Å². The summed E-state index contributed by atoms with van der Waals surface area (Å²) in [5.41, 5.74) is 4.02. The third-order valence-corrected chi connectivity index (χ3v) is 8.91. The number of pyridine rings is 3. The van der Waals surface area contributed by atoms with Gasteiger partial charge in [0.2, 0.25) is 11.8 Å². The average Bonchev–Trinajstić information content (AvgIpc) is 3.08. The molecule has 3 aromatic heterocycles. The summed E-state index contributed by atoms with van der Waals surface area (Å²) in [4.78, 5) is 26.9. The van der Waals surface area contributed by atoms with Gasteiger partial charge in [0, 0.05) is 80.4 Å². The Labute approximate surface area is 283 Å². The molecule has 0 radical (unpaired) electrons. The number of carbonyl (C=O) groups is 1. The zero-order valence-corrected chi connectivity index (χ0v) is 27.8. The van der Waals surface area contributed by atoms with Gasteiger partial charge in [-0.05, 0) is 50.1 Å². The van der Waals surface area contributed by atoms with E-state index in [1.807, 2.05) is 17.0 Å². The van der Waals surface area contributed by atoms with Crippen LogP contribution in [0.1, 0.15) is 37.3 Å². The number of anilines is 2. The number of hydrogen-bond acceptors (Lipinski definition) is 9. The lowest BCUT2D eigenvalue weighted by atomic mass is 10.0. The number of benzene rings is 1. The molecule has 0 bridgehead atoms. The minimum atomic E-state index is -0.479. The second-order valence-electron chi connectivity index (χ2n) is 11.2. The minimum Gasteiger partial charge on any atom is -0.481 e. The van der Waals surface area contributed by atoms with Crippen LogP contribution in [-0.2, 0) is 17.9 Å². The molecule has 13 heteroatoms. The van der Waals surface area contributed by atoms with Crippen LogP contribution in [0.15, 0.2) is 54.9 Å². The van der Waals surface area contributed by atoms with Crippen LogP contribution in [0.3, 0.4) is 0 Å². The fourth-order valence-corrected chi connectivity index (χ4v) is 6.06. The van der Waals surface area contributed by atoms with E-state index < -0.39 is 5.82 Å². The number of ether oxygens (including phenoxy) is 1. The highest BCUT2D eigenvalue weighted by Crippen LogP contribution is 2.41. The number of piperidine rings is 1. The van der Waals surface area contributed by atoms with Gasteiger partial charge in [-0.1, -0.05) is 41.4 Å². The molecule has 4 heterocycles. The van der Waals surface area contributed by atoms with E-state index >= 15 is 4.39 Å². The van der Waals surface area contributed by atoms with E-state index in [-0.39, 0.29) is 24.4 Å². The number of carbonyl (C=O) groups excluding carboxylic acids is 1. The standard InChI is InChI=1S/C34H38Cl2FN7O3/c1-21(46)44-16-11-24(12-17-44)41-20-22-9-14-40-33(31(22)37)42-28-6-3-5-26(29(28)35)32-30(36)25(10-15-39-32)27-8-7-23(34(43-27)47-2)19-38-13-4-18-45/h3,5-10,14-15,24,38,41,45H,4,11-13,16-20H2,1-2H3,(H,40,42). The van der Waals surface area contributed by atoms with E-state index in [1.54, 1.807) is 56.8 Å². The number of aliphatic hydroxyl groups is 1. The second kappa shape index (κ2) is 16.3. The van der Waals surface area contributed by atoms with Crippen LogP contribution in [0.2, 0.25) is 10.0 Å². The number of nitrogens with zero attached hydrogens (tertiary/aromatic N) is 4. The van der Waals surface area contributed by atoms with E-state index in [4.69, 9.17) is 33.0 Å². The molecule has 248 valence electrons. The molecular weight excluding hydrogens is 644 g/mol. The summed E-state index contributed by atoms with van der Waals surface area (Å²) >= 11 is 13.8. The Morgan fingerprint density at radius 1 is 1.02 bits per heavy atom. The summed E-state index contributed by atoms with van der Waals surface area (Å²) in [6, 6.07) is 12.7. The maximum atomic E-state index is 15.6. The monoisotopic (exact) mass is 681 g/mol. The van der Waals surface area contributed by atoms with Crippen molar-refractivity contribution in [2.45, 2.75) is 45.3 Å². The van der Waals surface area contributed by atoms with Crippen molar-refractivity contribution in [3.63, 3.8) is 0 Å². The van der Waals surface area contributed by atoms with Gasteiger partial charge in [-0.25, -0.2) is 14.4 Å². The molecule has 0 aliphatic carbocycles. The van der Waals surface area contributed by atoms with Gasteiger partial charge < -0.3 is 30.7 Å². The molecule has 5 rings (SSSR count). The molecular formula is C34H38Cl2FN7O3. The van der Waals surface area contributed by atoms with E-state index in [9.17, 15) is 4.79 Å². The Kier molecular flexibility index (Phi) is 12.0. The Hall–Kier alpha value is -3.87. The van der Waals surface area contributed by atoms with Gasteiger partial charge >= 0.3 is 0 Å². The lowest BCUT2D eigenvalue weighted by Crippen LogP contribution is -2.44. The maximum absolute atomic E-state index is 15.6. The molecule has 1 aliphatic rings. The summed E-state index contributed by atoms with van der Waals surface area (Å²) in [7, 11) is 1.56. The van der Waals surface area contributed by atoms with Crippen LogP contribution < -0.4 is 20.7 Å². The fraction of sp³-hybridized carbons (Fsp3) is 0.353. The van der Waals surface area contributed by atoms with Crippen molar-refractivity contribution in [1.29, 1.82) is 0 Å². The minimum absolute atomic E-state index is 0.0461. The Morgan fingerprint density at radius 3 is 2.55 bits per heavy atom. The molecule has 47 heavy (non-hydrogen) atoms. The first-order valence-corrected chi connectivity index (χ1v) is 16.2. The molecule has 0 spiro atoms. The van der Waals surface area contributed by atoms with Crippen LogP contribution in [0.25, 0.3) is 22.5 Å². The van der Waals surface area contributed by atoms with Gasteiger partial charge in [-0.15, -0.1) is 0 Å². The number of amides is 1. The van der Waals surface area contributed by atoms with Crippen molar-refractivity contribution in [3.8, 4) is 28.4 Å². The summed E-state index contributed by atoms with van der Waals surface area (Å²) in [6.07, 6.45) is 5.47. The Balaban J connectivity index is 1.33. The predicted octanol–water partition coefficient (Wildman–Crippen LogP) is 5.98. The Bertz CT molecular complexity index is 1700. The number of methoxy groups -OCH3 is 1. The number of rotatable bonds is 13. The number of aromatic nitrogens is 3. The molecule has 0 unspecified atom stereocenters. The topological polar surface area (TPSA) is 125 Å². The van der Waals surface area contributed by atoms with Crippen LogP contribution in [0.5, 0.6) is 5.88 Å². The van der Waals surface area contributed by atoms with Crippen molar-refractivity contribution < 1.29 is 19.0 Å². The normalized spacial score (nSPS) is 13.5. The van der Waals surface area contributed by atoms with Gasteiger partial charge in [0.25, 0.3) is 0 Å². The third kappa shape index (κ3) is 8.35. The van der Waals surface area contributed by atoms with Gasteiger partial charge in [0.15, 0.2) is 11.6 Å². The first-order chi connectivity index (χ1) is 22.8. The molecule has 1 amide bonds. The van der Waals surface area contributed by atoms with Gasteiger partial charge in [-0.2, -0.15) is 0 Å². The molecule has 4 aromatic rings. The van der Waals surface area contributed by atoms with Gasteiger partial charge in [0.05, 0.1) is 34.2 Å². The molecule has 1 aromatic carbocycles. The molecule has 1 aliphatic heterocycles. The molecule has 0 atom stereocenters. The first kappa shape index (κ1) is 34.5. The number of halogens is 3. The zero-order chi connectivity index (χ0) is 33.3. The predicted molar refractivity (Wildman–Crippen MR) is 182 cm³/mol. The average molecular weight is 683 g/mol. The Morgan fingerprint density at radius 2 is 1.81 bits per heavy atom. The zero-order valence-electron chi connectivity index (χ0n) is 26.3. The summed E-state index contributed by atoms with van der Waals surface area (Å²) in [5.74, 6) is 0.108. The van der Waals surface area contributed by atoms with Gasteiger partial charge in [0.1, 0.15) is 0 Å². The van der Waals surface area contributed by atoms with Crippen LogP contribution in [0, 0.1) is 5.82 Å². The largest absolute Gasteiger partial charge is 0.481 e.